The van der Waals surface area contributed by atoms with E-state index < -0.39 is 0 Å². The summed E-state index contributed by atoms with van der Waals surface area (Å²) in [7, 11) is 0. The minimum atomic E-state index is -0.387. The van der Waals surface area contributed by atoms with Gasteiger partial charge in [0, 0.05) is 19.1 Å². The molecule has 1 saturated heterocycles. The van der Waals surface area contributed by atoms with Crippen molar-refractivity contribution in [3.8, 4) is 0 Å². The fraction of sp³-hybridized carbons (Fsp3) is 0.688. The molecule has 2 atom stereocenters. The van der Waals surface area contributed by atoms with Crippen LogP contribution in [0.5, 0.6) is 0 Å². The van der Waals surface area contributed by atoms with Gasteiger partial charge >= 0.3 is 0 Å². The number of amides is 1. The second-order valence-corrected chi connectivity index (χ2v) is 6.07. The first-order chi connectivity index (χ1) is 10.5. The molecule has 1 fully saturated rings. The number of carbonyl (C=O) groups excluding carboxylic acids is 1. The second-order valence-electron chi connectivity index (χ2n) is 6.07. The average molecular weight is 306 g/mol. The van der Waals surface area contributed by atoms with E-state index in [0.29, 0.717) is 31.8 Å². The lowest BCUT2D eigenvalue weighted by Crippen LogP contribution is -2.46. The summed E-state index contributed by atoms with van der Waals surface area (Å²) >= 11 is 0. The Morgan fingerprint density at radius 1 is 1.45 bits per heavy atom. The summed E-state index contributed by atoms with van der Waals surface area (Å²) in [5.74, 6) is 0.120. The van der Waals surface area contributed by atoms with E-state index in [1.165, 1.54) is 0 Å². The van der Waals surface area contributed by atoms with Gasteiger partial charge in [-0.1, -0.05) is 13.8 Å². The molecule has 0 aliphatic carbocycles. The zero-order chi connectivity index (χ0) is 16.3. The van der Waals surface area contributed by atoms with Crippen molar-refractivity contribution in [2.45, 2.75) is 52.5 Å². The second kappa shape index (κ2) is 7.05. The summed E-state index contributed by atoms with van der Waals surface area (Å²) in [6, 6.07) is 0.0585. The number of nitrogens with two attached hydrogens (primary N) is 1. The number of aromatic amines is 1. The monoisotopic (exact) mass is 306 g/mol. The molecule has 1 aromatic rings. The van der Waals surface area contributed by atoms with Gasteiger partial charge in [0.25, 0.3) is 11.5 Å². The Bertz CT molecular complexity index is 594. The molecule has 0 spiro atoms. The number of nitrogens with zero attached hydrogens (tertiary/aromatic N) is 2. The Hall–Kier alpha value is -1.69. The lowest BCUT2D eigenvalue weighted by atomic mass is 9.91. The molecule has 0 radical (unpaired) electrons. The molecule has 2 rings (SSSR count). The Morgan fingerprint density at radius 2 is 2.18 bits per heavy atom. The molecule has 2 unspecified atom stereocenters. The van der Waals surface area contributed by atoms with Crippen molar-refractivity contribution in [3.63, 3.8) is 0 Å². The van der Waals surface area contributed by atoms with Crippen molar-refractivity contribution in [1.29, 1.82) is 0 Å². The minimum Gasteiger partial charge on any atom is -0.338 e. The minimum absolute atomic E-state index is 0.0585. The maximum Gasteiger partial charge on any atom is 0.277 e. The van der Waals surface area contributed by atoms with Crippen molar-refractivity contribution in [2.75, 3.05) is 13.1 Å². The average Bonchev–Trinajstić information content (AvgIpc) is 2.53. The highest BCUT2D eigenvalue weighted by molar-refractivity contribution is 5.95. The lowest BCUT2D eigenvalue weighted by molar-refractivity contribution is 0.0657. The highest BCUT2D eigenvalue weighted by Crippen LogP contribution is 2.21. The topological polar surface area (TPSA) is 92.1 Å². The van der Waals surface area contributed by atoms with Gasteiger partial charge in [0.15, 0.2) is 0 Å². The Morgan fingerprint density at radius 3 is 2.77 bits per heavy atom. The molecule has 0 bridgehead atoms. The van der Waals surface area contributed by atoms with Crippen LogP contribution in [-0.2, 0) is 12.8 Å². The molecule has 1 aliphatic heterocycles. The summed E-state index contributed by atoms with van der Waals surface area (Å²) in [6.07, 6.45) is 3.30. The van der Waals surface area contributed by atoms with Gasteiger partial charge in [0.2, 0.25) is 0 Å². The molecule has 2 heterocycles. The molecule has 122 valence electrons. The number of hydrogen-bond acceptors (Lipinski definition) is 4. The van der Waals surface area contributed by atoms with E-state index in [4.69, 9.17) is 5.73 Å². The number of carbonyl (C=O) groups is 1. The van der Waals surface area contributed by atoms with Crippen molar-refractivity contribution in [1.82, 2.24) is 15.1 Å². The molecule has 3 N–H and O–H groups in total. The van der Waals surface area contributed by atoms with Gasteiger partial charge in [-0.25, -0.2) is 5.10 Å². The SMILES string of the molecule is CCc1n[nH]c(=O)c(C(=O)N2CCCC(C(C)N)C2)c1CC. The summed E-state index contributed by atoms with van der Waals surface area (Å²) in [5.41, 5.74) is 7.43. The van der Waals surface area contributed by atoms with Gasteiger partial charge in [-0.05, 0) is 44.1 Å². The summed E-state index contributed by atoms with van der Waals surface area (Å²) in [4.78, 5) is 26.8. The Balaban J connectivity index is 2.35. The van der Waals surface area contributed by atoms with E-state index in [2.05, 4.69) is 10.2 Å². The van der Waals surface area contributed by atoms with Crippen LogP contribution in [0.15, 0.2) is 4.79 Å². The number of aryl methyl sites for hydroxylation is 1. The predicted molar refractivity (Wildman–Crippen MR) is 85.9 cm³/mol. The van der Waals surface area contributed by atoms with Crippen molar-refractivity contribution in [2.24, 2.45) is 11.7 Å². The third kappa shape index (κ3) is 3.21. The Kier molecular flexibility index (Phi) is 5.34. The number of likely N-dealkylation sites (tertiary alicyclic amines) is 1. The van der Waals surface area contributed by atoms with Gasteiger partial charge in [0.1, 0.15) is 5.56 Å². The predicted octanol–water partition coefficient (Wildman–Crippen LogP) is 1.09. The first kappa shape index (κ1) is 16.7. The molecule has 6 nitrogen and oxygen atoms in total. The lowest BCUT2D eigenvalue weighted by Gasteiger charge is -2.34. The third-order valence-corrected chi connectivity index (χ3v) is 4.56. The summed E-state index contributed by atoms with van der Waals surface area (Å²) in [6.45, 7) is 7.22. The number of aromatic nitrogens is 2. The smallest absolute Gasteiger partial charge is 0.277 e. The third-order valence-electron chi connectivity index (χ3n) is 4.56. The zero-order valence-corrected chi connectivity index (χ0v) is 13.7. The molecular formula is C16H26N4O2. The number of nitrogens with one attached hydrogen (secondary N) is 1. The Labute approximate surface area is 131 Å². The molecule has 22 heavy (non-hydrogen) atoms. The van der Waals surface area contributed by atoms with Crippen LogP contribution >= 0.6 is 0 Å². The fourth-order valence-corrected chi connectivity index (χ4v) is 3.20. The molecule has 1 aliphatic rings. The van der Waals surface area contributed by atoms with Crippen molar-refractivity contribution in [3.05, 3.63) is 27.2 Å². The van der Waals surface area contributed by atoms with Crippen LogP contribution in [-0.4, -0.2) is 40.1 Å². The van der Waals surface area contributed by atoms with E-state index in [-0.39, 0.29) is 23.1 Å². The van der Waals surface area contributed by atoms with Crippen LogP contribution < -0.4 is 11.3 Å². The molecule has 6 heteroatoms. The van der Waals surface area contributed by atoms with Gasteiger partial charge in [-0.15, -0.1) is 0 Å². The summed E-state index contributed by atoms with van der Waals surface area (Å²) in [5, 5.41) is 6.54. The number of hydrogen-bond donors (Lipinski definition) is 2. The van der Waals surface area contributed by atoms with Crippen LogP contribution in [0.2, 0.25) is 0 Å². The highest BCUT2D eigenvalue weighted by Gasteiger charge is 2.29. The van der Waals surface area contributed by atoms with E-state index >= 15 is 0 Å². The first-order valence-corrected chi connectivity index (χ1v) is 8.14. The van der Waals surface area contributed by atoms with E-state index in [0.717, 1.165) is 24.1 Å². The number of H-pyrrole nitrogens is 1. The van der Waals surface area contributed by atoms with Crippen molar-refractivity contribution >= 4 is 5.91 Å². The van der Waals surface area contributed by atoms with Crippen LogP contribution in [0.25, 0.3) is 0 Å². The maximum absolute atomic E-state index is 12.9. The van der Waals surface area contributed by atoms with E-state index in [9.17, 15) is 9.59 Å². The number of piperidine rings is 1. The molecular weight excluding hydrogens is 280 g/mol. The maximum atomic E-state index is 12.9. The van der Waals surface area contributed by atoms with Crippen LogP contribution in [0.1, 0.15) is 55.2 Å². The molecule has 0 saturated carbocycles. The van der Waals surface area contributed by atoms with E-state index in [1.54, 1.807) is 4.90 Å². The molecule has 0 aromatic carbocycles. The first-order valence-electron chi connectivity index (χ1n) is 8.14. The standard InChI is InChI=1S/C16H26N4O2/c1-4-12-13(5-2)18-19-15(21)14(12)16(22)20-8-6-7-11(9-20)10(3)17/h10-11H,4-9,17H2,1-3H3,(H,19,21). The quantitative estimate of drug-likeness (QED) is 0.871. The van der Waals surface area contributed by atoms with E-state index in [1.807, 2.05) is 20.8 Å². The fourth-order valence-electron chi connectivity index (χ4n) is 3.20. The summed E-state index contributed by atoms with van der Waals surface area (Å²) < 4.78 is 0. The molecule has 1 aromatic heterocycles. The molecule has 1 amide bonds. The number of rotatable bonds is 4. The van der Waals surface area contributed by atoms with Crippen LogP contribution in [0.3, 0.4) is 0 Å². The van der Waals surface area contributed by atoms with Gasteiger partial charge in [-0.3, -0.25) is 9.59 Å². The van der Waals surface area contributed by atoms with Crippen LogP contribution in [0.4, 0.5) is 0 Å². The van der Waals surface area contributed by atoms with Crippen LogP contribution in [0, 0.1) is 5.92 Å². The highest BCUT2D eigenvalue weighted by atomic mass is 16.2. The largest absolute Gasteiger partial charge is 0.338 e. The van der Waals surface area contributed by atoms with Crippen molar-refractivity contribution < 1.29 is 4.79 Å². The van der Waals surface area contributed by atoms with Gasteiger partial charge in [0.05, 0.1) is 5.69 Å². The van der Waals surface area contributed by atoms with Gasteiger partial charge < -0.3 is 10.6 Å². The normalized spacial score (nSPS) is 20.0. The zero-order valence-electron chi connectivity index (χ0n) is 13.7. The van der Waals surface area contributed by atoms with Gasteiger partial charge in [-0.2, -0.15) is 5.10 Å².